The lowest BCUT2D eigenvalue weighted by Crippen LogP contribution is -2.46. The van der Waals surface area contributed by atoms with Gasteiger partial charge in [-0.05, 0) is 27.2 Å². The lowest BCUT2D eigenvalue weighted by molar-refractivity contribution is -0.126. The topological polar surface area (TPSA) is 46.6 Å². The Kier molecular flexibility index (Phi) is 4.54. The highest BCUT2D eigenvalue weighted by atomic mass is 16.6. The van der Waals surface area contributed by atoms with Crippen LogP contribution < -0.4 is 0 Å². The van der Waals surface area contributed by atoms with Crippen molar-refractivity contribution >= 4 is 11.9 Å². The number of hydrogen-bond donors (Lipinski definition) is 0. The number of nitrogens with zero attached hydrogens (tertiary/aromatic N) is 1. The molecule has 4 heteroatoms. The zero-order valence-electron chi connectivity index (χ0n) is 11.3. The number of piperidine rings is 1. The molecule has 1 unspecified atom stereocenters. The van der Waals surface area contributed by atoms with Crippen LogP contribution in [0.1, 0.15) is 47.0 Å². The van der Waals surface area contributed by atoms with Crippen LogP contribution in [0.5, 0.6) is 0 Å². The molecule has 1 aliphatic heterocycles. The van der Waals surface area contributed by atoms with Crippen LogP contribution in [0, 0.1) is 5.92 Å². The van der Waals surface area contributed by atoms with Crippen LogP contribution in [0.4, 0.5) is 4.79 Å². The smallest absolute Gasteiger partial charge is 0.410 e. The summed E-state index contributed by atoms with van der Waals surface area (Å²) < 4.78 is 5.31. The molecule has 17 heavy (non-hydrogen) atoms. The molecule has 0 spiro atoms. The lowest BCUT2D eigenvalue weighted by Gasteiger charge is -2.33. The van der Waals surface area contributed by atoms with Crippen LogP contribution in [0.25, 0.3) is 0 Å². The summed E-state index contributed by atoms with van der Waals surface area (Å²) >= 11 is 0. The molecule has 4 nitrogen and oxygen atoms in total. The second-order valence-electron chi connectivity index (χ2n) is 5.63. The summed E-state index contributed by atoms with van der Waals surface area (Å²) in [5.41, 5.74) is -0.473. The van der Waals surface area contributed by atoms with Crippen molar-refractivity contribution in [2.75, 3.05) is 13.1 Å². The molecule has 0 aromatic heterocycles. The van der Waals surface area contributed by atoms with Crippen molar-refractivity contribution in [1.82, 2.24) is 4.90 Å². The summed E-state index contributed by atoms with van der Waals surface area (Å²) in [6.45, 7) is 8.62. The second-order valence-corrected chi connectivity index (χ2v) is 5.63. The van der Waals surface area contributed by atoms with Crippen LogP contribution >= 0.6 is 0 Å². The zero-order valence-corrected chi connectivity index (χ0v) is 11.3. The Morgan fingerprint density at radius 2 is 2.12 bits per heavy atom. The van der Waals surface area contributed by atoms with Gasteiger partial charge in [0.25, 0.3) is 0 Å². The summed E-state index contributed by atoms with van der Waals surface area (Å²) in [5.74, 6) is 0.285. The highest BCUT2D eigenvalue weighted by Gasteiger charge is 2.31. The Bertz CT molecular complexity index is 294. The quantitative estimate of drug-likeness (QED) is 0.746. The van der Waals surface area contributed by atoms with Crippen LogP contribution in [0.3, 0.4) is 0 Å². The van der Waals surface area contributed by atoms with E-state index in [1.165, 1.54) is 0 Å². The largest absolute Gasteiger partial charge is 0.444 e. The molecule has 0 saturated carbocycles. The van der Waals surface area contributed by atoms with E-state index in [1.807, 2.05) is 20.8 Å². The highest BCUT2D eigenvalue weighted by molar-refractivity contribution is 5.84. The average Bonchev–Trinajstić information content (AvgIpc) is 2.19. The van der Waals surface area contributed by atoms with Gasteiger partial charge in [-0.1, -0.05) is 13.3 Å². The zero-order chi connectivity index (χ0) is 13.1. The minimum atomic E-state index is -0.473. The third-order valence-corrected chi connectivity index (χ3v) is 2.81. The number of amides is 1. The van der Waals surface area contributed by atoms with E-state index in [1.54, 1.807) is 4.90 Å². The molecule has 0 N–H and O–H groups in total. The number of carbonyl (C=O) groups is 2. The van der Waals surface area contributed by atoms with Crippen molar-refractivity contribution in [1.29, 1.82) is 0 Å². The Labute approximate surface area is 103 Å². The molecule has 0 aromatic rings. The van der Waals surface area contributed by atoms with E-state index >= 15 is 0 Å². The van der Waals surface area contributed by atoms with Crippen molar-refractivity contribution in [3.8, 4) is 0 Å². The molecule has 1 heterocycles. The second kappa shape index (κ2) is 5.52. The fraction of sp³-hybridized carbons (Fsp3) is 0.846. The third kappa shape index (κ3) is 4.36. The van der Waals surface area contributed by atoms with Crippen molar-refractivity contribution in [2.45, 2.75) is 52.6 Å². The molecule has 0 bridgehead atoms. The SMILES string of the molecule is CCCC1CN(C(=O)OC(C)(C)C)CCC1=O. The molecule has 1 rings (SSSR count). The normalized spacial score (nSPS) is 21.5. The number of carbonyl (C=O) groups excluding carboxylic acids is 2. The van der Waals surface area contributed by atoms with Gasteiger partial charge in [0.1, 0.15) is 11.4 Å². The molecule has 1 aliphatic rings. The predicted octanol–water partition coefficient (Wildman–Crippen LogP) is 2.61. The maximum Gasteiger partial charge on any atom is 0.410 e. The number of likely N-dealkylation sites (tertiary alicyclic amines) is 1. The van der Waals surface area contributed by atoms with Crippen molar-refractivity contribution < 1.29 is 14.3 Å². The molecule has 98 valence electrons. The number of Topliss-reactive ketones (excluding diaryl/α,β-unsaturated/α-hetero) is 1. The molecule has 0 aromatic carbocycles. The number of ether oxygens (including phenoxy) is 1. The van der Waals surface area contributed by atoms with Gasteiger partial charge in [-0.15, -0.1) is 0 Å². The number of ketones is 1. The fourth-order valence-electron chi connectivity index (χ4n) is 2.00. The Morgan fingerprint density at radius 1 is 1.47 bits per heavy atom. The Morgan fingerprint density at radius 3 is 2.65 bits per heavy atom. The van der Waals surface area contributed by atoms with Gasteiger partial charge in [0.15, 0.2) is 0 Å². The predicted molar refractivity (Wildman–Crippen MR) is 65.8 cm³/mol. The Hall–Kier alpha value is -1.06. The van der Waals surface area contributed by atoms with Crippen LogP contribution in [-0.2, 0) is 9.53 Å². The minimum absolute atomic E-state index is 0.00117. The van der Waals surface area contributed by atoms with Gasteiger partial charge in [-0.3, -0.25) is 4.79 Å². The number of rotatable bonds is 2. The van der Waals surface area contributed by atoms with E-state index in [9.17, 15) is 9.59 Å². The Balaban J connectivity index is 2.55. The van der Waals surface area contributed by atoms with Crippen molar-refractivity contribution in [3.05, 3.63) is 0 Å². The molecule has 1 atom stereocenters. The van der Waals surface area contributed by atoms with Crippen molar-refractivity contribution in [2.24, 2.45) is 5.92 Å². The lowest BCUT2D eigenvalue weighted by atomic mass is 9.92. The van der Waals surface area contributed by atoms with E-state index in [4.69, 9.17) is 4.74 Å². The summed E-state index contributed by atoms with van der Waals surface area (Å²) in [4.78, 5) is 25.2. The summed E-state index contributed by atoms with van der Waals surface area (Å²) in [7, 11) is 0. The molecular formula is C13H23NO3. The van der Waals surface area contributed by atoms with E-state index in [-0.39, 0.29) is 17.8 Å². The molecule has 0 aliphatic carbocycles. The first kappa shape index (κ1) is 14.0. The van der Waals surface area contributed by atoms with Crippen LogP contribution in [0.15, 0.2) is 0 Å². The van der Waals surface area contributed by atoms with Gasteiger partial charge in [0.2, 0.25) is 0 Å². The van der Waals surface area contributed by atoms with Gasteiger partial charge < -0.3 is 9.64 Å². The summed E-state index contributed by atoms with van der Waals surface area (Å²) in [6.07, 6.45) is 1.99. The molecule has 1 saturated heterocycles. The fourth-order valence-corrected chi connectivity index (χ4v) is 2.00. The first-order valence-electron chi connectivity index (χ1n) is 6.34. The van der Waals surface area contributed by atoms with Gasteiger partial charge in [0.05, 0.1) is 0 Å². The summed E-state index contributed by atoms with van der Waals surface area (Å²) in [5, 5.41) is 0. The van der Waals surface area contributed by atoms with Gasteiger partial charge in [-0.2, -0.15) is 0 Å². The summed E-state index contributed by atoms with van der Waals surface area (Å²) in [6, 6.07) is 0. The van der Waals surface area contributed by atoms with Gasteiger partial charge >= 0.3 is 6.09 Å². The van der Waals surface area contributed by atoms with E-state index in [0.29, 0.717) is 19.5 Å². The third-order valence-electron chi connectivity index (χ3n) is 2.81. The van der Waals surface area contributed by atoms with Crippen LogP contribution in [0.2, 0.25) is 0 Å². The monoisotopic (exact) mass is 241 g/mol. The minimum Gasteiger partial charge on any atom is -0.444 e. The first-order valence-corrected chi connectivity index (χ1v) is 6.34. The van der Waals surface area contributed by atoms with E-state index in [2.05, 4.69) is 6.92 Å². The maximum atomic E-state index is 11.9. The molecular weight excluding hydrogens is 218 g/mol. The standard InChI is InChI=1S/C13H23NO3/c1-5-6-10-9-14(8-7-11(10)15)12(16)17-13(2,3)4/h10H,5-9H2,1-4H3. The molecule has 0 radical (unpaired) electrons. The highest BCUT2D eigenvalue weighted by Crippen LogP contribution is 2.20. The molecule has 1 amide bonds. The first-order chi connectivity index (χ1) is 7.83. The van der Waals surface area contributed by atoms with E-state index in [0.717, 1.165) is 12.8 Å². The van der Waals surface area contributed by atoms with Gasteiger partial charge in [-0.25, -0.2) is 4.79 Å². The number of hydrogen-bond acceptors (Lipinski definition) is 3. The van der Waals surface area contributed by atoms with E-state index < -0.39 is 5.60 Å². The van der Waals surface area contributed by atoms with Crippen LogP contribution in [-0.4, -0.2) is 35.5 Å². The van der Waals surface area contributed by atoms with Gasteiger partial charge in [0, 0.05) is 25.4 Å². The van der Waals surface area contributed by atoms with Crippen molar-refractivity contribution in [3.63, 3.8) is 0 Å². The maximum absolute atomic E-state index is 11.9. The molecule has 1 fully saturated rings. The average molecular weight is 241 g/mol.